The fraction of sp³-hybridized carbons (Fsp3) is 0.259. The predicted octanol–water partition coefficient (Wildman–Crippen LogP) is 6.32. The second kappa shape index (κ2) is 10.5. The quantitative estimate of drug-likeness (QED) is 0.260. The maximum absolute atomic E-state index is 13.7. The Labute approximate surface area is 230 Å². The first-order chi connectivity index (χ1) is 19.4. The van der Waals surface area contributed by atoms with Gasteiger partial charge >= 0.3 is 18.5 Å². The molecule has 0 unspecified atom stereocenters. The van der Waals surface area contributed by atoms with Crippen molar-refractivity contribution in [2.24, 2.45) is 0 Å². The minimum Gasteiger partial charge on any atom is -0.493 e. The number of hydrogen-bond donors (Lipinski definition) is 1. The first-order valence-electron chi connectivity index (χ1n) is 11.7. The zero-order chi connectivity index (χ0) is 31.3. The van der Waals surface area contributed by atoms with Gasteiger partial charge in [-0.05, 0) is 35.9 Å². The average Bonchev–Trinajstić information content (AvgIpc) is 2.91. The Hall–Kier alpha value is -4.27. The molecule has 0 atom stereocenters. The van der Waals surface area contributed by atoms with Gasteiger partial charge in [0, 0.05) is 18.1 Å². The van der Waals surface area contributed by atoms with Gasteiger partial charge in [0.25, 0.3) is 11.2 Å². The first-order valence-corrected chi connectivity index (χ1v) is 11.7. The summed E-state index contributed by atoms with van der Waals surface area (Å²) in [5, 5.41) is 9.64. The van der Waals surface area contributed by atoms with E-state index in [1.165, 1.54) is 26.4 Å². The molecule has 3 aromatic carbocycles. The highest BCUT2D eigenvalue weighted by atomic mass is 19.4. The number of halogens is 9. The normalized spacial score (nSPS) is 13.0. The summed E-state index contributed by atoms with van der Waals surface area (Å²) >= 11 is 0. The second-order valence-electron chi connectivity index (χ2n) is 9.02. The summed E-state index contributed by atoms with van der Waals surface area (Å²) in [5.41, 5.74) is -8.43. The Morgan fingerprint density at radius 2 is 1.26 bits per heavy atom. The molecule has 0 bridgehead atoms. The first kappa shape index (κ1) is 30.7. The lowest BCUT2D eigenvalue weighted by molar-refractivity contribution is -0.376. The van der Waals surface area contributed by atoms with Crippen LogP contribution in [0.2, 0.25) is 0 Å². The van der Waals surface area contributed by atoms with Crippen molar-refractivity contribution in [3.8, 4) is 17.2 Å². The van der Waals surface area contributed by atoms with Gasteiger partial charge in [0.05, 0.1) is 36.4 Å². The highest BCUT2D eigenvalue weighted by Crippen LogP contribution is 2.50. The number of rotatable bonds is 6. The minimum absolute atomic E-state index is 0.0657. The van der Waals surface area contributed by atoms with Gasteiger partial charge in [-0.15, -0.1) is 0 Å². The van der Waals surface area contributed by atoms with E-state index in [0.717, 1.165) is 41.0 Å². The Morgan fingerprint density at radius 3 is 1.74 bits per heavy atom. The third kappa shape index (κ3) is 5.35. The largest absolute Gasteiger partial charge is 0.493 e. The monoisotopic (exact) mass is 606 g/mol. The summed E-state index contributed by atoms with van der Waals surface area (Å²) in [6, 6.07) is 8.73. The standard InChI is InChI=1S/C27H19F9N2O4/c1-41-20-12-18-19(13-21(20)42-2)37-22(11-14-3-5-16(6-4-14)25(28,29)30)38(23(18)39)17-9-7-15(8-10-17)24(40,26(31,32)33)27(34,35)36/h3-10,12-13,40H,11H2,1-2H3. The van der Waals surface area contributed by atoms with E-state index in [1.54, 1.807) is 0 Å². The molecule has 1 N–H and O–H groups in total. The number of alkyl halides is 9. The van der Waals surface area contributed by atoms with Crippen molar-refractivity contribution in [1.82, 2.24) is 9.55 Å². The van der Waals surface area contributed by atoms with Crippen LogP contribution < -0.4 is 15.0 Å². The molecular formula is C27H19F9N2O4. The molecule has 0 spiro atoms. The lowest BCUT2D eigenvalue weighted by atomic mass is 9.92. The maximum atomic E-state index is 13.7. The molecule has 6 nitrogen and oxygen atoms in total. The number of hydrogen-bond acceptors (Lipinski definition) is 5. The van der Waals surface area contributed by atoms with Gasteiger partial charge < -0.3 is 14.6 Å². The Morgan fingerprint density at radius 1 is 0.762 bits per heavy atom. The van der Waals surface area contributed by atoms with Crippen molar-refractivity contribution in [3.63, 3.8) is 0 Å². The summed E-state index contributed by atoms with van der Waals surface area (Å²) < 4.78 is 131. The lowest BCUT2D eigenvalue weighted by Crippen LogP contribution is -2.53. The molecule has 0 aliphatic heterocycles. The number of nitrogens with zero attached hydrogens (tertiary/aromatic N) is 2. The van der Waals surface area contributed by atoms with Crippen LogP contribution in [0.3, 0.4) is 0 Å². The molecule has 15 heteroatoms. The van der Waals surface area contributed by atoms with Crippen LogP contribution in [0.5, 0.6) is 11.5 Å². The molecule has 1 heterocycles. The van der Waals surface area contributed by atoms with Crippen molar-refractivity contribution in [3.05, 3.63) is 93.5 Å². The average molecular weight is 606 g/mol. The van der Waals surface area contributed by atoms with Crippen LogP contribution in [0, 0.1) is 0 Å². The SMILES string of the molecule is COc1cc2nc(Cc3ccc(C(F)(F)F)cc3)n(-c3ccc(C(O)(C(F)(F)F)C(F)(F)F)cc3)c(=O)c2cc1OC. The van der Waals surface area contributed by atoms with Crippen molar-refractivity contribution >= 4 is 10.9 Å². The molecule has 0 aliphatic carbocycles. The topological polar surface area (TPSA) is 73.6 Å². The molecule has 0 saturated heterocycles. The Kier molecular flexibility index (Phi) is 7.69. The van der Waals surface area contributed by atoms with E-state index in [1.807, 2.05) is 0 Å². The lowest BCUT2D eigenvalue weighted by Gasteiger charge is -2.32. The van der Waals surface area contributed by atoms with Gasteiger partial charge in [0.1, 0.15) is 5.82 Å². The van der Waals surface area contributed by atoms with Gasteiger partial charge in [-0.2, -0.15) is 39.5 Å². The van der Waals surface area contributed by atoms with Crippen molar-refractivity contribution in [2.75, 3.05) is 14.2 Å². The van der Waals surface area contributed by atoms with Gasteiger partial charge in [-0.3, -0.25) is 9.36 Å². The Bertz CT molecular complexity index is 1640. The van der Waals surface area contributed by atoms with Crippen LogP contribution in [-0.4, -0.2) is 41.2 Å². The molecule has 1 aromatic heterocycles. The highest BCUT2D eigenvalue weighted by Gasteiger charge is 2.71. The number of aromatic nitrogens is 2. The van der Waals surface area contributed by atoms with Crippen molar-refractivity contribution < 1.29 is 54.1 Å². The third-order valence-corrected chi connectivity index (χ3v) is 6.45. The molecule has 4 aromatic rings. The van der Waals surface area contributed by atoms with Gasteiger partial charge in [0.15, 0.2) is 11.5 Å². The van der Waals surface area contributed by atoms with E-state index >= 15 is 0 Å². The van der Waals surface area contributed by atoms with Crippen LogP contribution in [0.25, 0.3) is 16.6 Å². The third-order valence-electron chi connectivity index (χ3n) is 6.45. The summed E-state index contributed by atoms with van der Waals surface area (Å²) in [6.07, 6.45) is -17.1. The zero-order valence-electron chi connectivity index (χ0n) is 21.4. The van der Waals surface area contributed by atoms with Crippen molar-refractivity contribution in [1.29, 1.82) is 0 Å². The summed E-state index contributed by atoms with van der Waals surface area (Å²) in [6.45, 7) is 0. The van der Waals surface area contributed by atoms with E-state index in [9.17, 15) is 49.4 Å². The molecular weight excluding hydrogens is 587 g/mol. The number of benzene rings is 3. The molecule has 0 fully saturated rings. The number of aliphatic hydroxyl groups is 1. The van der Waals surface area contributed by atoms with E-state index in [0.29, 0.717) is 12.1 Å². The number of methoxy groups -OCH3 is 2. The van der Waals surface area contributed by atoms with Gasteiger partial charge in [0.2, 0.25) is 0 Å². The summed E-state index contributed by atoms with van der Waals surface area (Å²) in [7, 11) is 2.61. The van der Waals surface area contributed by atoms with Crippen LogP contribution >= 0.6 is 0 Å². The number of fused-ring (bicyclic) bond motifs is 1. The van der Waals surface area contributed by atoms with E-state index in [4.69, 9.17) is 9.47 Å². The highest BCUT2D eigenvalue weighted by molar-refractivity contribution is 5.82. The Balaban J connectivity index is 1.93. The van der Waals surface area contributed by atoms with Crippen LogP contribution in [0.1, 0.15) is 22.5 Å². The van der Waals surface area contributed by atoms with E-state index in [-0.39, 0.29) is 45.9 Å². The van der Waals surface area contributed by atoms with Crippen molar-refractivity contribution in [2.45, 2.75) is 30.6 Å². The van der Waals surface area contributed by atoms with Crippen LogP contribution in [-0.2, 0) is 18.2 Å². The molecule has 42 heavy (non-hydrogen) atoms. The van der Waals surface area contributed by atoms with Crippen LogP contribution in [0.4, 0.5) is 39.5 Å². The fourth-order valence-corrected chi connectivity index (χ4v) is 4.28. The minimum atomic E-state index is -6.13. The summed E-state index contributed by atoms with van der Waals surface area (Å²) in [4.78, 5) is 18.1. The second-order valence-corrected chi connectivity index (χ2v) is 9.02. The predicted molar refractivity (Wildman–Crippen MR) is 131 cm³/mol. The zero-order valence-corrected chi connectivity index (χ0v) is 21.4. The van der Waals surface area contributed by atoms with E-state index < -0.39 is 40.8 Å². The fourth-order valence-electron chi connectivity index (χ4n) is 4.28. The molecule has 4 rings (SSSR count). The molecule has 0 radical (unpaired) electrons. The van der Waals surface area contributed by atoms with Crippen LogP contribution in [0.15, 0.2) is 65.5 Å². The molecule has 224 valence electrons. The molecule has 0 saturated carbocycles. The number of ether oxygens (including phenoxy) is 2. The summed E-state index contributed by atoms with van der Waals surface area (Å²) in [5.74, 6) is 0.175. The van der Waals surface area contributed by atoms with Gasteiger partial charge in [-0.25, -0.2) is 4.98 Å². The maximum Gasteiger partial charge on any atom is 0.430 e. The molecule has 0 aliphatic rings. The van der Waals surface area contributed by atoms with Gasteiger partial charge in [-0.1, -0.05) is 24.3 Å². The smallest absolute Gasteiger partial charge is 0.430 e. The van der Waals surface area contributed by atoms with E-state index in [2.05, 4.69) is 4.98 Å². The molecule has 0 amide bonds.